The molecule has 3 rings (SSSR count). The topological polar surface area (TPSA) is 96.8 Å². The van der Waals surface area contributed by atoms with Gasteiger partial charge in [-0.25, -0.2) is 12.7 Å². The molecule has 1 aliphatic heterocycles. The van der Waals surface area contributed by atoms with Gasteiger partial charge in [-0.3, -0.25) is 9.69 Å². The third kappa shape index (κ3) is 5.46. The van der Waals surface area contributed by atoms with Crippen LogP contribution in [0.4, 0.5) is 11.4 Å². The smallest absolute Gasteiger partial charge is 0.242 e. The highest BCUT2D eigenvalue weighted by Crippen LogP contribution is 2.20. The molecule has 1 fully saturated rings. The van der Waals surface area contributed by atoms with E-state index >= 15 is 0 Å². The molecule has 0 radical (unpaired) electrons. The van der Waals surface area contributed by atoms with E-state index in [4.69, 9.17) is 5.26 Å². The molecule has 1 atom stereocenters. The average molecular weight is 456 g/mol. The molecule has 2 aromatic carbocycles. The largest absolute Gasteiger partial charge is 0.370 e. The molecular weight excluding hydrogens is 426 g/mol. The van der Waals surface area contributed by atoms with Crippen molar-refractivity contribution in [1.82, 2.24) is 9.21 Å². The first-order chi connectivity index (χ1) is 15.2. The Morgan fingerprint density at radius 3 is 2.47 bits per heavy atom. The number of nitrogens with one attached hydrogen (secondary N) is 1. The van der Waals surface area contributed by atoms with Gasteiger partial charge in [0.25, 0.3) is 0 Å². The van der Waals surface area contributed by atoms with E-state index in [-0.39, 0.29) is 16.8 Å². The lowest BCUT2D eigenvalue weighted by Crippen LogP contribution is -2.44. The van der Waals surface area contributed by atoms with E-state index in [9.17, 15) is 13.2 Å². The standard InChI is InChI=1S/C23H29N5O3S/c1-18(23(29)25-20-6-4-7-22(16-20)32(30,31)26(2)3)27-12-5-13-28(15-14-27)21-10-8-19(17-24)9-11-21/h4,6-11,16,18H,5,12-15H2,1-3H3,(H,25,29). The van der Waals surface area contributed by atoms with Crippen molar-refractivity contribution in [3.63, 3.8) is 0 Å². The van der Waals surface area contributed by atoms with Crippen LogP contribution in [0.3, 0.4) is 0 Å². The number of carbonyl (C=O) groups is 1. The van der Waals surface area contributed by atoms with E-state index in [1.54, 1.807) is 12.1 Å². The molecule has 0 aliphatic carbocycles. The summed E-state index contributed by atoms with van der Waals surface area (Å²) in [6, 6.07) is 15.6. The van der Waals surface area contributed by atoms with Gasteiger partial charge in [-0.1, -0.05) is 6.07 Å². The highest BCUT2D eigenvalue weighted by atomic mass is 32.2. The van der Waals surface area contributed by atoms with E-state index in [2.05, 4.69) is 21.2 Å². The zero-order valence-electron chi connectivity index (χ0n) is 18.7. The normalized spacial score (nSPS) is 16.3. The zero-order valence-corrected chi connectivity index (χ0v) is 19.5. The molecule has 1 amide bonds. The van der Waals surface area contributed by atoms with Crippen molar-refractivity contribution in [3.8, 4) is 6.07 Å². The van der Waals surface area contributed by atoms with Gasteiger partial charge in [0, 0.05) is 51.6 Å². The van der Waals surface area contributed by atoms with Gasteiger partial charge in [0.2, 0.25) is 15.9 Å². The van der Waals surface area contributed by atoms with Crippen molar-refractivity contribution >= 4 is 27.3 Å². The predicted molar refractivity (Wildman–Crippen MR) is 125 cm³/mol. The maximum absolute atomic E-state index is 12.9. The summed E-state index contributed by atoms with van der Waals surface area (Å²) in [4.78, 5) is 17.4. The van der Waals surface area contributed by atoms with Crippen LogP contribution in [0.1, 0.15) is 18.9 Å². The summed E-state index contributed by atoms with van der Waals surface area (Å²) in [5.41, 5.74) is 2.17. The highest BCUT2D eigenvalue weighted by Gasteiger charge is 2.25. The maximum Gasteiger partial charge on any atom is 0.242 e. The maximum atomic E-state index is 12.9. The quantitative estimate of drug-likeness (QED) is 0.718. The Morgan fingerprint density at radius 1 is 1.09 bits per heavy atom. The molecule has 170 valence electrons. The Balaban J connectivity index is 1.63. The first-order valence-corrected chi connectivity index (χ1v) is 12.0. The van der Waals surface area contributed by atoms with Gasteiger partial charge in [0.15, 0.2) is 0 Å². The zero-order chi connectivity index (χ0) is 23.3. The fraction of sp³-hybridized carbons (Fsp3) is 0.391. The van der Waals surface area contributed by atoms with E-state index in [1.807, 2.05) is 31.2 Å². The minimum Gasteiger partial charge on any atom is -0.370 e. The van der Waals surface area contributed by atoms with Crippen molar-refractivity contribution in [2.75, 3.05) is 50.5 Å². The number of benzene rings is 2. The number of sulfonamides is 1. The van der Waals surface area contributed by atoms with Gasteiger partial charge in [0.1, 0.15) is 0 Å². The van der Waals surface area contributed by atoms with Crippen LogP contribution in [0, 0.1) is 11.3 Å². The third-order valence-electron chi connectivity index (χ3n) is 5.70. The molecule has 2 aromatic rings. The van der Waals surface area contributed by atoms with Crippen LogP contribution in [0.25, 0.3) is 0 Å². The number of rotatable bonds is 6. The summed E-state index contributed by atoms with van der Waals surface area (Å²) in [7, 11) is -0.619. The SMILES string of the molecule is CC(C(=O)Nc1cccc(S(=O)(=O)N(C)C)c1)N1CCCN(c2ccc(C#N)cc2)CC1. The second kappa shape index (κ2) is 10.1. The van der Waals surface area contributed by atoms with Crippen LogP contribution in [0.5, 0.6) is 0 Å². The van der Waals surface area contributed by atoms with Crippen molar-refractivity contribution in [2.45, 2.75) is 24.3 Å². The summed E-state index contributed by atoms with van der Waals surface area (Å²) < 4.78 is 25.9. The van der Waals surface area contributed by atoms with Gasteiger partial charge in [-0.2, -0.15) is 5.26 Å². The van der Waals surface area contributed by atoms with Crippen molar-refractivity contribution in [3.05, 3.63) is 54.1 Å². The number of nitrogens with zero attached hydrogens (tertiary/aromatic N) is 4. The molecule has 1 N–H and O–H groups in total. The molecule has 0 bridgehead atoms. The molecule has 1 saturated heterocycles. The van der Waals surface area contributed by atoms with Gasteiger partial charge < -0.3 is 10.2 Å². The molecule has 1 unspecified atom stereocenters. The Bertz CT molecular complexity index is 1090. The van der Waals surface area contributed by atoms with Crippen LogP contribution in [-0.4, -0.2) is 69.8 Å². The lowest BCUT2D eigenvalue weighted by molar-refractivity contribution is -0.120. The minimum absolute atomic E-state index is 0.140. The van der Waals surface area contributed by atoms with Gasteiger partial charge in [-0.05, 0) is 55.8 Å². The molecule has 1 heterocycles. The number of hydrogen-bond acceptors (Lipinski definition) is 6. The molecule has 0 saturated carbocycles. The number of nitriles is 1. The summed E-state index contributed by atoms with van der Waals surface area (Å²) in [6.45, 7) is 5.04. The second-order valence-corrected chi connectivity index (χ2v) is 10.2. The number of carbonyl (C=O) groups excluding carboxylic acids is 1. The highest BCUT2D eigenvalue weighted by molar-refractivity contribution is 7.89. The summed E-state index contributed by atoms with van der Waals surface area (Å²) >= 11 is 0. The van der Waals surface area contributed by atoms with Crippen molar-refractivity contribution in [2.24, 2.45) is 0 Å². The van der Waals surface area contributed by atoms with Crippen LogP contribution >= 0.6 is 0 Å². The van der Waals surface area contributed by atoms with Crippen molar-refractivity contribution in [1.29, 1.82) is 5.26 Å². The van der Waals surface area contributed by atoms with Crippen LogP contribution in [-0.2, 0) is 14.8 Å². The van der Waals surface area contributed by atoms with E-state index in [1.165, 1.54) is 26.2 Å². The van der Waals surface area contributed by atoms with Gasteiger partial charge in [0.05, 0.1) is 22.6 Å². The fourth-order valence-corrected chi connectivity index (χ4v) is 4.64. The Kier molecular flexibility index (Phi) is 7.51. The van der Waals surface area contributed by atoms with Crippen LogP contribution in [0.2, 0.25) is 0 Å². The molecule has 8 nitrogen and oxygen atoms in total. The molecule has 0 aromatic heterocycles. The molecule has 9 heteroatoms. The van der Waals surface area contributed by atoms with Crippen molar-refractivity contribution < 1.29 is 13.2 Å². The Labute approximate surface area is 190 Å². The van der Waals surface area contributed by atoms with E-state index < -0.39 is 10.0 Å². The predicted octanol–water partition coefficient (Wildman–Crippen LogP) is 2.35. The van der Waals surface area contributed by atoms with Gasteiger partial charge in [-0.15, -0.1) is 0 Å². The molecular formula is C23H29N5O3S. The first kappa shape index (κ1) is 23.7. The Hall–Kier alpha value is -2.93. The summed E-state index contributed by atoms with van der Waals surface area (Å²) in [5, 5.41) is 11.8. The Morgan fingerprint density at radius 2 is 1.81 bits per heavy atom. The van der Waals surface area contributed by atoms with E-state index in [0.717, 1.165) is 42.6 Å². The second-order valence-electron chi connectivity index (χ2n) is 8.02. The lowest BCUT2D eigenvalue weighted by atomic mass is 10.2. The summed E-state index contributed by atoms with van der Waals surface area (Å²) in [5.74, 6) is -0.170. The lowest BCUT2D eigenvalue weighted by Gasteiger charge is -2.27. The summed E-state index contributed by atoms with van der Waals surface area (Å²) in [6.07, 6.45) is 0.911. The third-order valence-corrected chi connectivity index (χ3v) is 7.51. The number of hydrogen-bond donors (Lipinski definition) is 1. The van der Waals surface area contributed by atoms with Gasteiger partial charge >= 0.3 is 0 Å². The molecule has 1 aliphatic rings. The number of anilines is 2. The number of amides is 1. The molecule has 0 spiro atoms. The average Bonchev–Trinajstić information content (AvgIpc) is 3.05. The van der Waals surface area contributed by atoms with E-state index in [0.29, 0.717) is 11.3 Å². The van der Waals surface area contributed by atoms with Crippen LogP contribution in [0.15, 0.2) is 53.4 Å². The minimum atomic E-state index is -3.57. The first-order valence-electron chi connectivity index (χ1n) is 10.5. The van der Waals surface area contributed by atoms with Crippen LogP contribution < -0.4 is 10.2 Å². The molecule has 32 heavy (non-hydrogen) atoms. The monoisotopic (exact) mass is 455 g/mol. The fourth-order valence-electron chi connectivity index (χ4n) is 3.69.